The number of aliphatic hydroxyl groups is 4. The summed E-state index contributed by atoms with van der Waals surface area (Å²) in [5, 5.41) is 52.5. The minimum Gasteiger partial charge on any atom is -0.493 e. The number of hydrogen-bond donors (Lipinski definition) is 6. The summed E-state index contributed by atoms with van der Waals surface area (Å²) in [5.74, 6) is -0.410. The van der Waals surface area contributed by atoms with Gasteiger partial charge in [-0.15, -0.1) is 0 Å². The van der Waals surface area contributed by atoms with Gasteiger partial charge >= 0.3 is 12.1 Å². The number of aliphatic hydroxyl groups excluding tert-OH is 4. The number of H-pyrrole nitrogens is 1. The normalized spacial score (nSPS) is 22.3. The number of carbonyl (C=O) groups excluding carboxylic acids is 1. The van der Waals surface area contributed by atoms with Gasteiger partial charge in [0.2, 0.25) is 6.29 Å². The molecule has 5 rings (SSSR count). The average Bonchev–Trinajstić information content (AvgIpc) is 3.41. The number of benzene rings is 3. The molecule has 0 bridgehead atoms. The van der Waals surface area contributed by atoms with Gasteiger partial charge < -0.3 is 54.2 Å². The number of hydrogen-bond acceptors (Lipinski definition) is 11. The van der Waals surface area contributed by atoms with E-state index in [1.54, 1.807) is 36.4 Å². The van der Waals surface area contributed by atoms with E-state index in [1.165, 1.54) is 7.11 Å². The Balaban J connectivity index is 1.34. The molecule has 0 spiro atoms. The van der Waals surface area contributed by atoms with Crippen molar-refractivity contribution >= 4 is 33.9 Å². The average molecular weight is 613 g/mol. The molecule has 0 radical (unpaired) electrons. The van der Waals surface area contributed by atoms with Crippen LogP contribution < -0.4 is 14.2 Å². The summed E-state index contributed by atoms with van der Waals surface area (Å²) < 4.78 is 27.2. The fourth-order valence-electron chi connectivity index (χ4n) is 4.91. The van der Waals surface area contributed by atoms with Crippen molar-refractivity contribution in [2.75, 3.05) is 26.9 Å². The van der Waals surface area contributed by atoms with Crippen molar-refractivity contribution in [1.29, 1.82) is 0 Å². The number of ether oxygens (including phenoxy) is 5. The molecule has 6 N–H and O–H groups in total. The van der Waals surface area contributed by atoms with Crippen molar-refractivity contribution in [2.24, 2.45) is 0 Å². The predicted octanol–water partition coefficient (Wildman–Crippen LogP) is 1.44. The highest BCUT2D eigenvalue weighted by Crippen LogP contribution is 2.33. The molecule has 4 aromatic rings. The topological polar surface area (TPSA) is 200 Å². The van der Waals surface area contributed by atoms with Crippen molar-refractivity contribution in [3.8, 4) is 17.2 Å². The minimum absolute atomic E-state index is 0.155. The Hall–Kier alpha value is -4.60. The third-order valence-electron chi connectivity index (χ3n) is 7.16. The van der Waals surface area contributed by atoms with E-state index >= 15 is 0 Å². The van der Waals surface area contributed by atoms with Gasteiger partial charge in [0.15, 0.2) is 23.8 Å². The van der Waals surface area contributed by atoms with Gasteiger partial charge in [-0.25, -0.2) is 9.59 Å². The van der Waals surface area contributed by atoms with Gasteiger partial charge in [-0.3, -0.25) is 4.90 Å². The molecule has 1 aliphatic rings. The summed E-state index contributed by atoms with van der Waals surface area (Å²) in [5.41, 5.74) is 1.69. The van der Waals surface area contributed by atoms with Crippen LogP contribution in [0.4, 0.5) is 4.79 Å². The number of carboxylic acid groups (broad SMARTS) is 1. The fourth-order valence-corrected chi connectivity index (χ4v) is 4.91. The smallest absolute Gasteiger partial charge is 0.414 e. The van der Waals surface area contributed by atoms with E-state index < -0.39 is 55.6 Å². The van der Waals surface area contributed by atoms with Crippen LogP contribution in [0.3, 0.4) is 0 Å². The van der Waals surface area contributed by atoms with E-state index in [1.807, 2.05) is 30.3 Å². The standard InChI is InChI=1S/C30H32N2O12/c1-40-19-10-4-5-11-20(19)41-14-13-32(30(39)44-29-26(36)24(34)25(35)27(43-29)28(37)38)22(33)15-42-21-12-6-9-18-23(21)16-7-2-3-8-17(16)31-18/h2-12,22,24-27,29,31,33-36H,13-15H2,1H3,(H,37,38)/t22?,24-,25-,26+,27-,29-/m0/s1. The van der Waals surface area contributed by atoms with Crippen LogP contribution in [0, 0.1) is 0 Å². The number of carboxylic acids is 1. The first-order valence-corrected chi connectivity index (χ1v) is 13.7. The van der Waals surface area contributed by atoms with E-state index in [-0.39, 0.29) is 13.2 Å². The highest BCUT2D eigenvalue weighted by atomic mass is 16.7. The molecule has 14 nitrogen and oxygen atoms in total. The lowest BCUT2D eigenvalue weighted by molar-refractivity contribution is -0.281. The van der Waals surface area contributed by atoms with Crippen molar-refractivity contribution in [3.05, 3.63) is 66.7 Å². The number of nitrogens with zero attached hydrogens (tertiary/aromatic N) is 1. The highest BCUT2D eigenvalue weighted by Gasteiger charge is 2.49. The maximum atomic E-state index is 13.3. The quantitative estimate of drug-likeness (QED) is 0.133. The van der Waals surface area contributed by atoms with E-state index in [2.05, 4.69) is 4.98 Å². The summed E-state index contributed by atoms with van der Waals surface area (Å²) >= 11 is 0. The first-order chi connectivity index (χ1) is 21.2. The molecule has 2 heterocycles. The zero-order valence-electron chi connectivity index (χ0n) is 23.5. The molecule has 1 aromatic heterocycles. The van der Waals surface area contributed by atoms with Crippen LogP contribution in [0.25, 0.3) is 21.8 Å². The number of aromatic nitrogens is 1. The van der Waals surface area contributed by atoms with Crippen molar-refractivity contribution in [3.63, 3.8) is 0 Å². The summed E-state index contributed by atoms with van der Waals surface area (Å²) in [7, 11) is 1.46. The van der Waals surface area contributed by atoms with Crippen molar-refractivity contribution < 1.29 is 58.8 Å². The van der Waals surface area contributed by atoms with E-state index in [9.17, 15) is 35.1 Å². The molecule has 1 aliphatic heterocycles. The fraction of sp³-hybridized carbons (Fsp3) is 0.333. The molecule has 1 unspecified atom stereocenters. The highest BCUT2D eigenvalue weighted by molar-refractivity contribution is 6.10. The predicted molar refractivity (Wildman–Crippen MR) is 153 cm³/mol. The van der Waals surface area contributed by atoms with Gasteiger partial charge in [-0.2, -0.15) is 0 Å². The molecule has 1 fully saturated rings. The number of para-hydroxylation sites is 3. The SMILES string of the molecule is COc1ccccc1OCCN(C(=O)O[C@@H]1O[C@H](C(=O)O)[C@@H](O)[C@H](O)[C@H]1O)C(O)COc1cccc2[nH]c3ccccc3c12. The first-order valence-electron chi connectivity index (χ1n) is 13.7. The molecule has 0 saturated carbocycles. The Labute approximate surface area is 250 Å². The van der Waals surface area contributed by atoms with Crippen molar-refractivity contribution in [2.45, 2.75) is 36.9 Å². The van der Waals surface area contributed by atoms with E-state index in [4.69, 9.17) is 23.7 Å². The minimum atomic E-state index is -1.99. The molecule has 44 heavy (non-hydrogen) atoms. The van der Waals surface area contributed by atoms with Crippen molar-refractivity contribution in [1.82, 2.24) is 9.88 Å². The molecule has 1 saturated heterocycles. The Morgan fingerprint density at radius 1 is 0.886 bits per heavy atom. The van der Waals surface area contributed by atoms with Crippen LogP contribution in [0.5, 0.6) is 17.2 Å². The van der Waals surface area contributed by atoms with Gasteiger partial charge in [0.25, 0.3) is 0 Å². The lowest BCUT2D eigenvalue weighted by Crippen LogP contribution is -2.61. The summed E-state index contributed by atoms with van der Waals surface area (Å²) in [4.78, 5) is 28.9. The van der Waals surface area contributed by atoms with Gasteiger partial charge in [-0.1, -0.05) is 36.4 Å². The Morgan fingerprint density at radius 2 is 1.57 bits per heavy atom. The lowest BCUT2D eigenvalue weighted by Gasteiger charge is -2.39. The van der Waals surface area contributed by atoms with Gasteiger partial charge in [0, 0.05) is 16.3 Å². The van der Waals surface area contributed by atoms with E-state index in [0.29, 0.717) is 17.2 Å². The second-order valence-corrected chi connectivity index (χ2v) is 9.95. The third-order valence-corrected chi connectivity index (χ3v) is 7.16. The van der Waals surface area contributed by atoms with Crippen LogP contribution in [0.15, 0.2) is 66.7 Å². The molecule has 234 valence electrons. The molecule has 14 heteroatoms. The largest absolute Gasteiger partial charge is 0.493 e. The van der Waals surface area contributed by atoms with Crippen LogP contribution >= 0.6 is 0 Å². The number of methoxy groups -OCH3 is 1. The summed E-state index contributed by atoms with van der Waals surface area (Å²) in [6.45, 7) is -0.845. The van der Waals surface area contributed by atoms with Crippen LogP contribution in [-0.2, 0) is 14.3 Å². The van der Waals surface area contributed by atoms with Crippen LogP contribution in [0.2, 0.25) is 0 Å². The number of aliphatic carboxylic acids is 1. The summed E-state index contributed by atoms with van der Waals surface area (Å²) in [6, 6.07) is 19.8. The number of carbonyl (C=O) groups is 2. The number of nitrogens with one attached hydrogen (secondary N) is 1. The molecule has 1 amide bonds. The van der Waals surface area contributed by atoms with Gasteiger partial charge in [0.1, 0.15) is 37.3 Å². The van der Waals surface area contributed by atoms with Gasteiger partial charge in [0.05, 0.1) is 19.2 Å². The van der Waals surface area contributed by atoms with Crippen LogP contribution in [-0.4, -0.2) is 111 Å². The van der Waals surface area contributed by atoms with Crippen LogP contribution in [0.1, 0.15) is 0 Å². The number of aromatic amines is 1. The molecule has 6 atom stereocenters. The maximum Gasteiger partial charge on any atom is 0.414 e. The third kappa shape index (κ3) is 6.34. The Morgan fingerprint density at radius 3 is 2.32 bits per heavy atom. The van der Waals surface area contributed by atoms with Gasteiger partial charge in [-0.05, 0) is 30.3 Å². The lowest BCUT2D eigenvalue weighted by atomic mass is 9.99. The molecule has 0 aliphatic carbocycles. The summed E-state index contributed by atoms with van der Waals surface area (Å²) in [6.07, 6.45) is -12.8. The number of fused-ring (bicyclic) bond motifs is 3. The maximum absolute atomic E-state index is 13.3. The molecular weight excluding hydrogens is 580 g/mol. The Kier molecular flexibility index (Phi) is 9.37. The zero-order valence-corrected chi connectivity index (χ0v) is 23.5. The zero-order chi connectivity index (χ0) is 31.4. The number of rotatable bonds is 11. The first kappa shape index (κ1) is 30.8. The Bertz CT molecular complexity index is 1610. The molecular formula is C30H32N2O12. The van der Waals surface area contributed by atoms with E-state index in [0.717, 1.165) is 26.7 Å². The second kappa shape index (κ2) is 13.4. The monoisotopic (exact) mass is 612 g/mol. The second-order valence-electron chi connectivity index (χ2n) is 9.95. The molecule has 3 aromatic carbocycles. The number of amides is 1.